The number of halogens is 1. The average Bonchev–Trinajstić information content (AvgIpc) is 2.83. The van der Waals surface area contributed by atoms with Crippen molar-refractivity contribution in [3.8, 4) is 0 Å². The Bertz CT molecular complexity index is 710. The van der Waals surface area contributed by atoms with Gasteiger partial charge in [-0.05, 0) is 40.6 Å². The van der Waals surface area contributed by atoms with Crippen molar-refractivity contribution in [2.24, 2.45) is 0 Å². The van der Waals surface area contributed by atoms with E-state index in [1.807, 2.05) is 30.3 Å². The molecule has 0 aliphatic rings. The third-order valence-electron chi connectivity index (χ3n) is 2.55. The van der Waals surface area contributed by atoms with Gasteiger partial charge in [-0.2, -0.15) is 0 Å². The molecule has 3 rings (SSSR count). The van der Waals surface area contributed by atoms with Crippen LogP contribution in [0.3, 0.4) is 0 Å². The van der Waals surface area contributed by atoms with Crippen LogP contribution in [0, 0.1) is 0 Å². The van der Waals surface area contributed by atoms with Crippen molar-refractivity contribution in [1.29, 1.82) is 0 Å². The molecule has 3 aromatic rings. The molecule has 0 radical (unpaired) electrons. The molecule has 2 aromatic carbocycles. The van der Waals surface area contributed by atoms with Gasteiger partial charge >= 0.3 is 0 Å². The fourth-order valence-electron chi connectivity index (χ4n) is 1.71. The summed E-state index contributed by atoms with van der Waals surface area (Å²) in [7, 11) is 0. The molecule has 1 heterocycles. The predicted octanol–water partition coefficient (Wildman–Crippen LogP) is 3.20. The summed E-state index contributed by atoms with van der Waals surface area (Å²) in [5, 5.41) is 11.5. The van der Waals surface area contributed by atoms with Crippen molar-refractivity contribution in [2.75, 3.05) is 11.1 Å². The number of benzene rings is 2. The van der Waals surface area contributed by atoms with E-state index in [9.17, 15) is 0 Å². The first-order valence-electron chi connectivity index (χ1n) is 5.27. The van der Waals surface area contributed by atoms with Gasteiger partial charge in [-0.1, -0.05) is 17.7 Å². The molecule has 6 heteroatoms. The zero-order chi connectivity index (χ0) is 12.5. The van der Waals surface area contributed by atoms with E-state index in [4.69, 9.17) is 22.0 Å². The van der Waals surface area contributed by atoms with Gasteiger partial charge < -0.3 is 11.1 Å². The zero-order valence-corrected chi connectivity index (χ0v) is 9.98. The first kappa shape index (κ1) is 10.9. The monoisotopic (exact) mass is 260 g/mol. The molecule has 0 amide bonds. The number of rotatable bonds is 2. The highest BCUT2D eigenvalue weighted by Crippen LogP contribution is 2.28. The van der Waals surface area contributed by atoms with Crippen LogP contribution < -0.4 is 11.1 Å². The number of hydrogen-bond acceptors (Lipinski definition) is 5. The Kier molecular flexibility index (Phi) is 2.53. The van der Waals surface area contributed by atoms with E-state index < -0.39 is 0 Å². The van der Waals surface area contributed by atoms with Crippen molar-refractivity contribution >= 4 is 39.7 Å². The third-order valence-corrected chi connectivity index (χ3v) is 2.79. The maximum absolute atomic E-state index is 5.93. The Labute approximate surface area is 107 Å². The van der Waals surface area contributed by atoms with E-state index in [1.165, 1.54) is 0 Å². The fraction of sp³-hybridized carbons (Fsp3) is 0. The van der Waals surface area contributed by atoms with E-state index in [0.717, 1.165) is 11.4 Å². The summed E-state index contributed by atoms with van der Waals surface area (Å²) in [4.78, 5) is 0. The van der Waals surface area contributed by atoms with Crippen LogP contribution in [0.5, 0.6) is 0 Å². The fourth-order valence-corrected chi connectivity index (χ4v) is 1.90. The number of hydrogen-bond donors (Lipinski definition) is 2. The molecule has 0 saturated heterocycles. The summed E-state index contributed by atoms with van der Waals surface area (Å²) >= 11 is 5.93. The largest absolute Gasteiger partial charge is 0.397 e. The van der Waals surface area contributed by atoms with Crippen molar-refractivity contribution < 1.29 is 4.63 Å². The Balaban J connectivity index is 2.05. The normalized spacial score (nSPS) is 10.7. The number of nitrogen functional groups attached to an aromatic ring is 1. The molecule has 0 atom stereocenters. The molecule has 0 spiro atoms. The van der Waals surface area contributed by atoms with Crippen molar-refractivity contribution in [2.45, 2.75) is 0 Å². The van der Waals surface area contributed by atoms with Crippen LogP contribution in [0.4, 0.5) is 17.1 Å². The maximum Gasteiger partial charge on any atom is 0.160 e. The lowest BCUT2D eigenvalue weighted by Crippen LogP contribution is -1.93. The summed E-state index contributed by atoms with van der Waals surface area (Å²) in [5.41, 5.74) is 9.07. The molecule has 3 N–H and O–H groups in total. The van der Waals surface area contributed by atoms with Crippen LogP contribution in [0.15, 0.2) is 41.0 Å². The van der Waals surface area contributed by atoms with Crippen molar-refractivity contribution in [3.05, 3.63) is 41.4 Å². The summed E-state index contributed by atoms with van der Waals surface area (Å²) in [6, 6.07) is 11.0. The number of nitrogens with zero attached hydrogens (tertiary/aromatic N) is 2. The van der Waals surface area contributed by atoms with Gasteiger partial charge in [0.1, 0.15) is 0 Å². The van der Waals surface area contributed by atoms with Gasteiger partial charge in [-0.15, -0.1) is 0 Å². The van der Waals surface area contributed by atoms with E-state index in [2.05, 4.69) is 15.6 Å². The molecule has 0 bridgehead atoms. The molecule has 0 unspecified atom stereocenters. The Morgan fingerprint density at radius 2 is 1.94 bits per heavy atom. The van der Waals surface area contributed by atoms with E-state index in [1.54, 1.807) is 6.07 Å². The van der Waals surface area contributed by atoms with Gasteiger partial charge in [0.25, 0.3) is 0 Å². The second-order valence-corrected chi connectivity index (χ2v) is 4.24. The lowest BCUT2D eigenvalue weighted by atomic mass is 10.2. The second kappa shape index (κ2) is 4.19. The first-order chi connectivity index (χ1) is 8.74. The van der Waals surface area contributed by atoms with Crippen LogP contribution >= 0.6 is 11.6 Å². The molecule has 0 aliphatic heterocycles. The van der Waals surface area contributed by atoms with E-state index >= 15 is 0 Å². The van der Waals surface area contributed by atoms with E-state index in [0.29, 0.717) is 21.7 Å². The lowest BCUT2D eigenvalue weighted by molar-refractivity contribution is 0.316. The number of nitrogens with two attached hydrogens (primary N) is 1. The highest BCUT2D eigenvalue weighted by atomic mass is 35.5. The Morgan fingerprint density at radius 1 is 1.11 bits per heavy atom. The van der Waals surface area contributed by atoms with Gasteiger partial charge in [-0.25, -0.2) is 4.63 Å². The topological polar surface area (TPSA) is 77.0 Å². The minimum atomic E-state index is 0.530. The molecule has 1 aromatic heterocycles. The Hall–Kier alpha value is -2.27. The highest BCUT2D eigenvalue weighted by Gasteiger charge is 2.10. The number of fused-ring (bicyclic) bond motifs is 1. The Morgan fingerprint density at radius 3 is 2.78 bits per heavy atom. The smallest absolute Gasteiger partial charge is 0.160 e. The van der Waals surface area contributed by atoms with Crippen molar-refractivity contribution in [3.63, 3.8) is 0 Å². The lowest BCUT2D eigenvalue weighted by Gasteiger charge is -2.07. The van der Waals surface area contributed by atoms with Crippen LogP contribution in [-0.4, -0.2) is 10.3 Å². The third kappa shape index (κ3) is 1.84. The van der Waals surface area contributed by atoms with E-state index in [-0.39, 0.29) is 0 Å². The molecule has 0 aliphatic carbocycles. The molecule has 90 valence electrons. The number of aromatic nitrogens is 2. The van der Waals surface area contributed by atoms with Gasteiger partial charge in [0.05, 0.1) is 11.4 Å². The minimum Gasteiger partial charge on any atom is -0.397 e. The quantitative estimate of drug-likeness (QED) is 0.692. The molecule has 18 heavy (non-hydrogen) atoms. The summed E-state index contributed by atoms with van der Waals surface area (Å²) in [5.74, 6) is 0. The van der Waals surface area contributed by atoms with Crippen LogP contribution in [0.2, 0.25) is 5.02 Å². The molecular formula is C12H9ClN4O. The minimum absolute atomic E-state index is 0.530. The van der Waals surface area contributed by atoms with Gasteiger partial charge in [0.2, 0.25) is 0 Å². The van der Waals surface area contributed by atoms with Crippen LogP contribution in [0.1, 0.15) is 0 Å². The van der Waals surface area contributed by atoms with Gasteiger partial charge in [-0.3, -0.25) is 0 Å². The second-order valence-electron chi connectivity index (χ2n) is 3.80. The standard InChI is InChI=1S/C12H9ClN4O/c13-7-2-1-3-8(6-7)15-10-5-4-9(14)11-12(10)17-18-16-11/h1-6,15H,14H2. The summed E-state index contributed by atoms with van der Waals surface area (Å²) in [6.07, 6.45) is 0. The zero-order valence-electron chi connectivity index (χ0n) is 9.22. The summed E-state index contributed by atoms with van der Waals surface area (Å²) < 4.78 is 4.70. The molecule has 0 fully saturated rings. The van der Waals surface area contributed by atoms with Crippen LogP contribution in [-0.2, 0) is 0 Å². The van der Waals surface area contributed by atoms with Gasteiger partial charge in [0.15, 0.2) is 11.0 Å². The molecule has 5 nitrogen and oxygen atoms in total. The van der Waals surface area contributed by atoms with Crippen LogP contribution in [0.25, 0.3) is 11.0 Å². The number of anilines is 3. The van der Waals surface area contributed by atoms with Gasteiger partial charge in [0, 0.05) is 10.7 Å². The SMILES string of the molecule is Nc1ccc(Nc2cccc(Cl)c2)c2nonc12. The molecule has 0 saturated carbocycles. The number of nitrogens with one attached hydrogen (secondary N) is 1. The predicted molar refractivity (Wildman–Crippen MR) is 71.0 cm³/mol. The van der Waals surface area contributed by atoms with Crippen molar-refractivity contribution in [1.82, 2.24) is 10.3 Å². The first-order valence-corrected chi connectivity index (χ1v) is 5.65. The maximum atomic E-state index is 5.93. The summed E-state index contributed by atoms with van der Waals surface area (Å²) in [6.45, 7) is 0. The average molecular weight is 261 g/mol. The molecular weight excluding hydrogens is 252 g/mol. The highest BCUT2D eigenvalue weighted by molar-refractivity contribution is 6.30.